The number of pyridine rings is 1. The molecule has 0 spiro atoms. The molecule has 0 radical (unpaired) electrons. The van der Waals surface area contributed by atoms with Gasteiger partial charge in [-0.1, -0.05) is 60.7 Å². The molecule has 0 amide bonds. The molecule has 33 heavy (non-hydrogen) atoms. The van der Waals surface area contributed by atoms with E-state index in [9.17, 15) is 8.42 Å². The highest BCUT2D eigenvalue weighted by molar-refractivity contribution is 7.92. The monoisotopic (exact) mass is 457 g/mol. The first kappa shape index (κ1) is 22.3. The van der Waals surface area contributed by atoms with Crippen molar-refractivity contribution in [3.8, 4) is 5.75 Å². The van der Waals surface area contributed by atoms with E-state index < -0.39 is 10.0 Å². The molecule has 166 valence electrons. The molecular formula is C27H25N2O3S+. The first-order valence-electron chi connectivity index (χ1n) is 10.5. The van der Waals surface area contributed by atoms with E-state index in [1.807, 2.05) is 67.0 Å². The zero-order valence-corrected chi connectivity index (χ0v) is 19.1. The molecule has 0 atom stereocenters. The number of nitrogens with one attached hydrogen (secondary N) is 1. The molecule has 0 bridgehead atoms. The minimum absolute atomic E-state index is 0.174. The van der Waals surface area contributed by atoms with Crippen molar-refractivity contribution in [3.05, 3.63) is 120 Å². The lowest BCUT2D eigenvalue weighted by Gasteiger charge is -2.11. The van der Waals surface area contributed by atoms with Crippen molar-refractivity contribution in [2.24, 2.45) is 0 Å². The van der Waals surface area contributed by atoms with Gasteiger partial charge in [0.15, 0.2) is 18.9 Å². The molecule has 0 aliphatic rings. The lowest BCUT2D eigenvalue weighted by atomic mass is 10.1. The molecule has 6 heteroatoms. The fraction of sp³-hybridized carbons (Fsp3) is 0.0741. The number of rotatable bonds is 8. The number of methoxy groups -OCH3 is 1. The summed E-state index contributed by atoms with van der Waals surface area (Å²) in [5.41, 5.74) is 3.55. The SMILES string of the molecule is COc1ccc(S(=O)(=O)Nc2ccccc2C=Cc2cc[n+](Cc3ccccc3)cc2)cc1. The van der Waals surface area contributed by atoms with Gasteiger partial charge in [0.2, 0.25) is 0 Å². The lowest BCUT2D eigenvalue weighted by molar-refractivity contribution is -0.688. The Kier molecular flexibility index (Phi) is 6.86. The predicted octanol–water partition coefficient (Wildman–Crippen LogP) is 5.00. The van der Waals surface area contributed by atoms with Gasteiger partial charge in [-0.2, -0.15) is 0 Å². The van der Waals surface area contributed by atoms with Crippen molar-refractivity contribution >= 4 is 27.9 Å². The topological polar surface area (TPSA) is 59.3 Å². The quantitative estimate of drug-likeness (QED) is 0.379. The molecule has 1 N–H and O–H groups in total. The minimum atomic E-state index is -3.72. The van der Waals surface area contributed by atoms with Crippen LogP contribution in [0.25, 0.3) is 12.2 Å². The maximum absolute atomic E-state index is 12.8. The fourth-order valence-corrected chi connectivity index (χ4v) is 4.45. The van der Waals surface area contributed by atoms with Gasteiger partial charge in [-0.05, 0) is 41.5 Å². The van der Waals surface area contributed by atoms with E-state index in [0.29, 0.717) is 11.4 Å². The molecular weight excluding hydrogens is 432 g/mol. The van der Waals surface area contributed by atoms with E-state index in [4.69, 9.17) is 4.74 Å². The average molecular weight is 458 g/mol. The Morgan fingerprint density at radius 2 is 1.48 bits per heavy atom. The lowest BCUT2D eigenvalue weighted by Crippen LogP contribution is -2.32. The van der Waals surface area contributed by atoms with Crippen LogP contribution in [0.5, 0.6) is 5.75 Å². The van der Waals surface area contributed by atoms with Crippen molar-refractivity contribution in [2.75, 3.05) is 11.8 Å². The third kappa shape index (κ3) is 5.87. The van der Waals surface area contributed by atoms with Crippen LogP contribution < -0.4 is 14.0 Å². The summed E-state index contributed by atoms with van der Waals surface area (Å²) < 4.78 is 35.6. The standard InChI is InChI=1S/C27H24N2O3S/c1-32-25-13-15-26(16-14-25)33(30,31)28-27-10-6-5-9-24(27)12-11-22-17-19-29(20-18-22)21-23-7-3-2-4-8-23/h2-20H,21H2,1H3/p+1. The van der Waals surface area contributed by atoms with Gasteiger partial charge in [0.1, 0.15) is 5.75 Å². The Hall–Kier alpha value is -3.90. The number of benzene rings is 3. The van der Waals surface area contributed by atoms with Gasteiger partial charge in [0.25, 0.3) is 10.0 Å². The summed E-state index contributed by atoms with van der Waals surface area (Å²) in [6.45, 7) is 0.806. The molecule has 4 aromatic rings. The predicted molar refractivity (Wildman–Crippen MR) is 131 cm³/mol. The van der Waals surface area contributed by atoms with E-state index in [1.54, 1.807) is 31.4 Å². The highest BCUT2D eigenvalue weighted by Crippen LogP contribution is 2.23. The number of para-hydroxylation sites is 1. The molecule has 0 fully saturated rings. The van der Waals surface area contributed by atoms with Crippen LogP contribution in [0.4, 0.5) is 5.69 Å². The van der Waals surface area contributed by atoms with E-state index in [2.05, 4.69) is 21.4 Å². The Bertz CT molecular complexity index is 1330. The van der Waals surface area contributed by atoms with Crippen molar-refractivity contribution in [1.82, 2.24) is 0 Å². The van der Waals surface area contributed by atoms with E-state index >= 15 is 0 Å². The van der Waals surface area contributed by atoms with Gasteiger partial charge < -0.3 is 4.74 Å². The Morgan fingerprint density at radius 3 is 2.18 bits per heavy atom. The number of hydrogen-bond donors (Lipinski definition) is 1. The second-order valence-electron chi connectivity index (χ2n) is 7.49. The molecule has 0 aliphatic carbocycles. The molecule has 0 saturated carbocycles. The Labute approximate surface area is 194 Å². The zero-order valence-electron chi connectivity index (χ0n) is 18.3. The third-order valence-corrected chi connectivity index (χ3v) is 6.54. The number of anilines is 1. The first-order chi connectivity index (χ1) is 16.0. The Morgan fingerprint density at radius 1 is 0.818 bits per heavy atom. The summed E-state index contributed by atoms with van der Waals surface area (Å²) in [5, 5.41) is 0. The number of aromatic nitrogens is 1. The highest BCUT2D eigenvalue weighted by atomic mass is 32.2. The van der Waals surface area contributed by atoms with E-state index in [-0.39, 0.29) is 4.90 Å². The molecule has 4 rings (SSSR count). The summed E-state index contributed by atoms with van der Waals surface area (Å²) in [6.07, 6.45) is 7.94. The van der Waals surface area contributed by atoms with Gasteiger partial charge >= 0.3 is 0 Å². The van der Waals surface area contributed by atoms with Crippen LogP contribution in [-0.4, -0.2) is 15.5 Å². The van der Waals surface area contributed by atoms with Crippen LogP contribution in [0, 0.1) is 0 Å². The Balaban J connectivity index is 1.49. The number of ether oxygens (including phenoxy) is 1. The number of sulfonamides is 1. The van der Waals surface area contributed by atoms with Crippen LogP contribution in [-0.2, 0) is 16.6 Å². The molecule has 0 aliphatic heterocycles. The van der Waals surface area contributed by atoms with Gasteiger partial charge in [-0.3, -0.25) is 4.72 Å². The fourth-order valence-electron chi connectivity index (χ4n) is 3.36. The molecule has 1 heterocycles. The van der Waals surface area contributed by atoms with Crippen LogP contribution in [0.15, 0.2) is 108 Å². The van der Waals surface area contributed by atoms with Gasteiger partial charge in [0, 0.05) is 17.7 Å². The average Bonchev–Trinajstić information content (AvgIpc) is 2.85. The molecule has 5 nitrogen and oxygen atoms in total. The molecule has 3 aromatic carbocycles. The van der Waals surface area contributed by atoms with Crippen molar-refractivity contribution in [2.45, 2.75) is 11.4 Å². The largest absolute Gasteiger partial charge is 0.497 e. The van der Waals surface area contributed by atoms with Gasteiger partial charge in [-0.15, -0.1) is 0 Å². The number of hydrogen-bond acceptors (Lipinski definition) is 3. The smallest absolute Gasteiger partial charge is 0.261 e. The highest BCUT2D eigenvalue weighted by Gasteiger charge is 2.15. The van der Waals surface area contributed by atoms with Crippen molar-refractivity contribution < 1.29 is 17.7 Å². The summed E-state index contributed by atoms with van der Waals surface area (Å²) >= 11 is 0. The summed E-state index contributed by atoms with van der Waals surface area (Å²) in [5.74, 6) is 0.602. The summed E-state index contributed by atoms with van der Waals surface area (Å²) in [7, 11) is -2.18. The third-order valence-electron chi connectivity index (χ3n) is 5.16. The maximum Gasteiger partial charge on any atom is 0.261 e. The molecule has 0 saturated heterocycles. The summed E-state index contributed by atoms with van der Waals surface area (Å²) in [6, 6.07) is 27.9. The number of nitrogens with zero attached hydrogens (tertiary/aromatic N) is 1. The van der Waals surface area contributed by atoms with Crippen LogP contribution in [0.3, 0.4) is 0 Å². The molecule has 1 aromatic heterocycles. The maximum atomic E-state index is 12.8. The van der Waals surface area contributed by atoms with Crippen molar-refractivity contribution in [1.29, 1.82) is 0 Å². The summed E-state index contributed by atoms with van der Waals surface area (Å²) in [4.78, 5) is 0.174. The second kappa shape index (κ2) is 10.1. The van der Waals surface area contributed by atoms with Crippen LogP contribution in [0.1, 0.15) is 16.7 Å². The van der Waals surface area contributed by atoms with Crippen LogP contribution >= 0.6 is 0 Å². The minimum Gasteiger partial charge on any atom is -0.497 e. The van der Waals surface area contributed by atoms with Gasteiger partial charge in [-0.25, -0.2) is 13.0 Å². The van der Waals surface area contributed by atoms with Crippen molar-refractivity contribution in [3.63, 3.8) is 0 Å². The van der Waals surface area contributed by atoms with E-state index in [0.717, 1.165) is 17.7 Å². The van der Waals surface area contributed by atoms with Gasteiger partial charge in [0.05, 0.1) is 17.7 Å². The zero-order chi connectivity index (χ0) is 23.1. The first-order valence-corrected chi connectivity index (χ1v) is 12.0. The van der Waals surface area contributed by atoms with Crippen LogP contribution in [0.2, 0.25) is 0 Å². The second-order valence-corrected chi connectivity index (χ2v) is 9.17. The van der Waals surface area contributed by atoms with E-state index in [1.165, 1.54) is 17.7 Å². The molecule has 0 unspecified atom stereocenters. The normalized spacial score (nSPS) is 11.4.